The highest BCUT2D eigenvalue weighted by atomic mass is 32.2. The van der Waals surface area contributed by atoms with E-state index in [1.54, 1.807) is 4.90 Å². The van der Waals surface area contributed by atoms with Crippen molar-refractivity contribution in [2.75, 3.05) is 30.5 Å². The molecule has 6 rings (SSSR count). The van der Waals surface area contributed by atoms with E-state index in [-0.39, 0.29) is 36.2 Å². The number of rotatable bonds is 10. The predicted molar refractivity (Wildman–Crippen MR) is 170 cm³/mol. The third-order valence-electron chi connectivity index (χ3n) is 7.77. The Kier molecular flexibility index (Phi) is 8.69. The molecular weight excluding hydrogens is 560 g/mol. The number of anilines is 1. The van der Waals surface area contributed by atoms with Gasteiger partial charge in [0.2, 0.25) is 18.6 Å². The van der Waals surface area contributed by atoms with Gasteiger partial charge in [0.25, 0.3) is 0 Å². The van der Waals surface area contributed by atoms with Gasteiger partial charge in [0.05, 0.1) is 22.4 Å². The van der Waals surface area contributed by atoms with E-state index in [2.05, 4.69) is 12.2 Å². The molecule has 2 aliphatic heterocycles. The van der Waals surface area contributed by atoms with Gasteiger partial charge < -0.3 is 14.8 Å². The number of aromatic nitrogens is 2. The van der Waals surface area contributed by atoms with Crippen LogP contribution in [0.25, 0.3) is 16.9 Å². The van der Waals surface area contributed by atoms with Gasteiger partial charge in [-0.15, -0.1) is 11.8 Å². The van der Waals surface area contributed by atoms with Gasteiger partial charge in [-0.3, -0.25) is 14.5 Å². The number of fused-ring (bicyclic) bond motifs is 2. The fraction of sp³-hybridized carbons (Fsp3) is 0.324. The Balaban J connectivity index is 1.49. The van der Waals surface area contributed by atoms with E-state index < -0.39 is 0 Å². The Morgan fingerprint density at radius 3 is 2.58 bits per heavy atom. The standard InChI is InChI=1S/C34H36N4O4S/c1-3-4-5-9-18-35-29(39)20-37-30(40)21-43-33(25-14-17-27-28(19-25)42-22-41-27)31-32(24-10-7-6-8-11-24)36-38(34(31)37)26-15-12-23(2)13-16-26/h6-8,10-17,19,33H,3-5,9,18,20-22H2,1-2H3,(H,35,39). The molecule has 8 nitrogen and oxygen atoms in total. The molecular formula is C34H36N4O4S. The Morgan fingerprint density at radius 1 is 1.00 bits per heavy atom. The quantitative estimate of drug-likeness (QED) is 0.212. The summed E-state index contributed by atoms with van der Waals surface area (Å²) < 4.78 is 13.1. The summed E-state index contributed by atoms with van der Waals surface area (Å²) in [7, 11) is 0. The van der Waals surface area contributed by atoms with Crippen molar-refractivity contribution in [3.05, 3.63) is 89.5 Å². The number of unbranched alkanes of at least 4 members (excludes halogenated alkanes) is 3. The van der Waals surface area contributed by atoms with Gasteiger partial charge in [-0.2, -0.15) is 5.10 Å². The van der Waals surface area contributed by atoms with Gasteiger partial charge in [0.1, 0.15) is 12.4 Å². The molecule has 2 aliphatic rings. The Bertz CT molecular complexity index is 1600. The molecule has 9 heteroatoms. The van der Waals surface area contributed by atoms with E-state index >= 15 is 0 Å². The lowest BCUT2D eigenvalue weighted by Crippen LogP contribution is -2.42. The molecule has 0 radical (unpaired) electrons. The van der Waals surface area contributed by atoms with E-state index in [4.69, 9.17) is 14.6 Å². The molecule has 1 atom stereocenters. The summed E-state index contributed by atoms with van der Waals surface area (Å²) in [5.74, 6) is 1.89. The van der Waals surface area contributed by atoms with Crippen LogP contribution in [0.1, 0.15) is 54.5 Å². The van der Waals surface area contributed by atoms with Crippen LogP contribution >= 0.6 is 11.8 Å². The second kappa shape index (κ2) is 13.0. The van der Waals surface area contributed by atoms with Crippen molar-refractivity contribution in [2.45, 2.75) is 44.8 Å². The maximum atomic E-state index is 13.9. The zero-order valence-electron chi connectivity index (χ0n) is 24.5. The van der Waals surface area contributed by atoms with Gasteiger partial charge in [-0.05, 0) is 43.2 Å². The first-order chi connectivity index (χ1) is 21.0. The molecule has 0 saturated heterocycles. The number of hydrogen-bond donors (Lipinski definition) is 1. The predicted octanol–water partition coefficient (Wildman–Crippen LogP) is 6.44. The fourth-order valence-corrected chi connectivity index (χ4v) is 6.70. The zero-order valence-corrected chi connectivity index (χ0v) is 25.4. The second-order valence-corrected chi connectivity index (χ2v) is 12.0. The molecule has 0 aliphatic carbocycles. The van der Waals surface area contributed by atoms with Crippen LogP contribution < -0.4 is 19.7 Å². The molecule has 0 spiro atoms. The summed E-state index contributed by atoms with van der Waals surface area (Å²) in [6.45, 7) is 4.89. The van der Waals surface area contributed by atoms with Crippen molar-refractivity contribution < 1.29 is 19.1 Å². The SMILES string of the molecule is CCCCCCNC(=O)CN1C(=O)CSC(c2ccc3c(c2)OCO3)c2c(-c3ccccc3)nn(-c3ccc(C)cc3)c21. The molecule has 0 bridgehead atoms. The molecule has 4 aromatic rings. The topological polar surface area (TPSA) is 85.7 Å². The number of nitrogens with one attached hydrogen (secondary N) is 1. The summed E-state index contributed by atoms with van der Waals surface area (Å²) in [6, 6.07) is 24.0. The summed E-state index contributed by atoms with van der Waals surface area (Å²) in [5.41, 5.74) is 5.51. The lowest BCUT2D eigenvalue weighted by molar-refractivity contribution is -0.122. The minimum Gasteiger partial charge on any atom is -0.454 e. The van der Waals surface area contributed by atoms with E-state index in [0.29, 0.717) is 23.9 Å². The summed E-state index contributed by atoms with van der Waals surface area (Å²) in [4.78, 5) is 28.8. The normalized spacial score (nSPS) is 15.7. The van der Waals surface area contributed by atoms with Crippen molar-refractivity contribution in [3.8, 4) is 28.4 Å². The van der Waals surface area contributed by atoms with Crippen LogP contribution in [0.4, 0.5) is 5.82 Å². The number of carbonyl (C=O) groups is 2. The lowest BCUT2D eigenvalue weighted by atomic mass is 9.99. The van der Waals surface area contributed by atoms with Gasteiger partial charge in [0, 0.05) is 17.7 Å². The highest BCUT2D eigenvalue weighted by Gasteiger charge is 2.38. The first-order valence-electron chi connectivity index (χ1n) is 14.9. The van der Waals surface area contributed by atoms with Crippen LogP contribution in [0.3, 0.4) is 0 Å². The van der Waals surface area contributed by atoms with Crippen molar-refractivity contribution in [1.29, 1.82) is 0 Å². The summed E-state index contributed by atoms with van der Waals surface area (Å²) in [5, 5.41) is 7.95. The number of nitrogens with zero attached hydrogens (tertiary/aromatic N) is 3. The van der Waals surface area contributed by atoms with Crippen LogP contribution in [0.15, 0.2) is 72.8 Å². The van der Waals surface area contributed by atoms with Crippen LogP contribution in [-0.4, -0.2) is 47.2 Å². The molecule has 3 aromatic carbocycles. The van der Waals surface area contributed by atoms with Crippen LogP contribution in [0.5, 0.6) is 11.5 Å². The summed E-state index contributed by atoms with van der Waals surface area (Å²) in [6.07, 6.45) is 4.26. The van der Waals surface area contributed by atoms with Crippen LogP contribution in [-0.2, 0) is 9.59 Å². The Morgan fingerprint density at radius 2 is 1.79 bits per heavy atom. The highest BCUT2D eigenvalue weighted by Crippen LogP contribution is 2.50. The first kappa shape index (κ1) is 28.9. The van der Waals surface area contributed by atoms with Crippen molar-refractivity contribution in [3.63, 3.8) is 0 Å². The van der Waals surface area contributed by atoms with E-state index in [0.717, 1.165) is 59.3 Å². The Hall–Kier alpha value is -4.24. The third kappa shape index (κ3) is 6.13. The fourth-order valence-electron chi connectivity index (χ4n) is 5.51. The average molecular weight is 597 g/mol. The molecule has 43 heavy (non-hydrogen) atoms. The minimum atomic E-state index is -0.245. The van der Waals surface area contributed by atoms with Crippen LogP contribution in [0.2, 0.25) is 0 Å². The number of amides is 2. The monoisotopic (exact) mass is 596 g/mol. The Labute approximate surface area is 256 Å². The van der Waals surface area contributed by atoms with Gasteiger partial charge >= 0.3 is 0 Å². The molecule has 1 N–H and O–H groups in total. The van der Waals surface area contributed by atoms with Crippen LogP contribution in [0, 0.1) is 6.92 Å². The highest BCUT2D eigenvalue weighted by molar-refractivity contribution is 8.00. The zero-order chi connectivity index (χ0) is 29.8. The molecule has 0 fully saturated rings. The number of ether oxygens (including phenoxy) is 2. The number of hydrogen-bond acceptors (Lipinski definition) is 6. The van der Waals surface area contributed by atoms with Crippen molar-refractivity contribution in [1.82, 2.24) is 15.1 Å². The van der Waals surface area contributed by atoms with Gasteiger partial charge in [-0.25, -0.2) is 4.68 Å². The average Bonchev–Trinajstić information content (AvgIpc) is 3.62. The smallest absolute Gasteiger partial charge is 0.240 e. The summed E-state index contributed by atoms with van der Waals surface area (Å²) >= 11 is 1.54. The van der Waals surface area contributed by atoms with Gasteiger partial charge in [0.15, 0.2) is 11.5 Å². The molecule has 0 saturated carbocycles. The molecule has 3 heterocycles. The lowest BCUT2D eigenvalue weighted by Gasteiger charge is -2.23. The third-order valence-corrected chi connectivity index (χ3v) is 9.02. The molecule has 1 aromatic heterocycles. The van der Waals surface area contributed by atoms with E-state index in [1.807, 2.05) is 84.4 Å². The number of thioether (sulfide) groups is 1. The minimum absolute atomic E-state index is 0.0835. The first-order valence-corrected chi connectivity index (χ1v) is 15.9. The number of carbonyl (C=O) groups excluding carboxylic acids is 2. The largest absolute Gasteiger partial charge is 0.454 e. The van der Waals surface area contributed by atoms with Gasteiger partial charge in [-0.1, -0.05) is 80.3 Å². The van der Waals surface area contributed by atoms with E-state index in [1.165, 1.54) is 11.8 Å². The number of aryl methyl sites for hydroxylation is 1. The number of benzene rings is 3. The van der Waals surface area contributed by atoms with E-state index in [9.17, 15) is 9.59 Å². The second-order valence-electron chi connectivity index (χ2n) is 10.9. The van der Waals surface area contributed by atoms with Crippen molar-refractivity contribution >= 4 is 29.4 Å². The molecule has 2 amide bonds. The maximum Gasteiger partial charge on any atom is 0.240 e. The van der Waals surface area contributed by atoms with Crippen molar-refractivity contribution in [2.24, 2.45) is 0 Å². The maximum absolute atomic E-state index is 13.9. The molecule has 1 unspecified atom stereocenters. The molecule has 222 valence electrons.